The summed E-state index contributed by atoms with van der Waals surface area (Å²) in [5, 5.41) is 18.8. The lowest BCUT2D eigenvalue weighted by Crippen LogP contribution is -1.91. The highest BCUT2D eigenvalue weighted by atomic mass is 16.3. The predicted octanol–water partition coefficient (Wildman–Crippen LogP) is 2.39. The molecule has 90 valence electrons. The molecule has 0 atom stereocenters. The maximum absolute atomic E-state index is 10.8. The SMILES string of the molecule is O=Cc1cc(-c2ccc(O)cc2)cc(C=O)c1O. The quantitative estimate of drug-likeness (QED) is 0.810. The molecule has 0 saturated heterocycles. The van der Waals surface area contributed by atoms with E-state index in [1.165, 1.54) is 24.3 Å². The molecule has 0 aliphatic carbocycles. The number of aldehydes is 2. The molecule has 0 aromatic heterocycles. The van der Waals surface area contributed by atoms with Crippen molar-refractivity contribution in [2.75, 3.05) is 0 Å². The Morgan fingerprint density at radius 3 is 1.72 bits per heavy atom. The van der Waals surface area contributed by atoms with Crippen LogP contribution in [0.1, 0.15) is 20.7 Å². The molecule has 0 unspecified atom stereocenters. The topological polar surface area (TPSA) is 74.6 Å². The van der Waals surface area contributed by atoms with Crippen LogP contribution in [0.15, 0.2) is 36.4 Å². The lowest BCUT2D eigenvalue weighted by molar-refractivity contribution is 0.112. The molecule has 4 nitrogen and oxygen atoms in total. The van der Waals surface area contributed by atoms with Gasteiger partial charge >= 0.3 is 0 Å². The van der Waals surface area contributed by atoms with E-state index in [0.29, 0.717) is 18.1 Å². The second kappa shape index (κ2) is 4.71. The Labute approximate surface area is 103 Å². The van der Waals surface area contributed by atoms with Gasteiger partial charge in [0.05, 0.1) is 11.1 Å². The van der Waals surface area contributed by atoms with E-state index in [1.807, 2.05) is 0 Å². The van der Waals surface area contributed by atoms with Gasteiger partial charge < -0.3 is 10.2 Å². The van der Waals surface area contributed by atoms with Crippen molar-refractivity contribution in [1.82, 2.24) is 0 Å². The van der Waals surface area contributed by atoms with Crippen LogP contribution in [0.5, 0.6) is 11.5 Å². The summed E-state index contributed by atoms with van der Waals surface area (Å²) in [6.45, 7) is 0. The van der Waals surface area contributed by atoms with E-state index in [2.05, 4.69) is 0 Å². The van der Waals surface area contributed by atoms with Crippen LogP contribution in [-0.2, 0) is 0 Å². The lowest BCUT2D eigenvalue weighted by Gasteiger charge is -2.07. The molecule has 0 radical (unpaired) electrons. The summed E-state index contributed by atoms with van der Waals surface area (Å²) in [6, 6.07) is 9.30. The first-order valence-corrected chi connectivity index (χ1v) is 5.22. The fraction of sp³-hybridized carbons (Fsp3) is 0. The van der Waals surface area contributed by atoms with Crippen LogP contribution in [0.2, 0.25) is 0 Å². The zero-order chi connectivity index (χ0) is 13.1. The average Bonchev–Trinajstić information content (AvgIpc) is 2.40. The largest absolute Gasteiger partial charge is 0.508 e. The van der Waals surface area contributed by atoms with Gasteiger partial charge in [-0.2, -0.15) is 0 Å². The van der Waals surface area contributed by atoms with Gasteiger partial charge in [-0.05, 0) is 35.4 Å². The maximum Gasteiger partial charge on any atom is 0.153 e. The van der Waals surface area contributed by atoms with E-state index in [0.717, 1.165) is 5.56 Å². The summed E-state index contributed by atoms with van der Waals surface area (Å²) in [5.41, 5.74) is 1.47. The van der Waals surface area contributed by atoms with Crippen molar-refractivity contribution in [2.24, 2.45) is 0 Å². The average molecular weight is 242 g/mol. The monoisotopic (exact) mass is 242 g/mol. The third kappa shape index (κ3) is 2.08. The Kier molecular flexibility index (Phi) is 3.10. The number of carbonyl (C=O) groups is 2. The normalized spacial score (nSPS) is 10.0. The Balaban J connectivity index is 2.61. The van der Waals surface area contributed by atoms with Crippen molar-refractivity contribution in [3.8, 4) is 22.6 Å². The Morgan fingerprint density at radius 1 is 0.778 bits per heavy atom. The molecular formula is C14H10O4. The van der Waals surface area contributed by atoms with Gasteiger partial charge in [0, 0.05) is 0 Å². The van der Waals surface area contributed by atoms with Crippen LogP contribution in [0.3, 0.4) is 0 Å². The van der Waals surface area contributed by atoms with Gasteiger partial charge in [0.1, 0.15) is 11.5 Å². The molecule has 0 spiro atoms. The Morgan fingerprint density at radius 2 is 1.28 bits per heavy atom. The number of carbonyl (C=O) groups excluding carboxylic acids is 2. The van der Waals surface area contributed by atoms with Gasteiger partial charge in [0.15, 0.2) is 12.6 Å². The molecule has 4 heteroatoms. The van der Waals surface area contributed by atoms with E-state index in [4.69, 9.17) is 0 Å². The molecule has 0 saturated carbocycles. The number of aromatic hydroxyl groups is 2. The molecule has 2 rings (SSSR count). The fourth-order valence-corrected chi connectivity index (χ4v) is 1.68. The summed E-state index contributed by atoms with van der Waals surface area (Å²) in [7, 11) is 0. The van der Waals surface area contributed by atoms with Crippen molar-refractivity contribution in [3.63, 3.8) is 0 Å². The van der Waals surface area contributed by atoms with Crippen molar-refractivity contribution in [1.29, 1.82) is 0 Å². The molecule has 0 heterocycles. The minimum Gasteiger partial charge on any atom is -0.508 e. The molecule has 0 amide bonds. The standard InChI is InChI=1S/C14H10O4/c15-7-11-5-10(6-12(8-16)14(11)18)9-1-3-13(17)4-2-9/h1-8,17-18H. The predicted molar refractivity (Wildman–Crippen MR) is 66.0 cm³/mol. The number of phenolic OH excluding ortho intramolecular Hbond substituents is 2. The molecule has 0 fully saturated rings. The number of hydrogen-bond acceptors (Lipinski definition) is 4. The molecule has 2 aromatic carbocycles. The van der Waals surface area contributed by atoms with Crippen molar-refractivity contribution < 1.29 is 19.8 Å². The van der Waals surface area contributed by atoms with Crippen LogP contribution in [0.25, 0.3) is 11.1 Å². The smallest absolute Gasteiger partial charge is 0.153 e. The van der Waals surface area contributed by atoms with Gasteiger partial charge in [-0.25, -0.2) is 0 Å². The van der Waals surface area contributed by atoms with Gasteiger partial charge in [-0.15, -0.1) is 0 Å². The second-order valence-electron chi connectivity index (χ2n) is 3.79. The lowest BCUT2D eigenvalue weighted by atomic mass is 9.99. The first-order valence-electron chi connectivity index (χ1n) is 5.22. The van der Waals surface area contributed by atoms with Gasteiger partial charge in [0.25, 0.3) is 0 Å². The highest BCUT2D eigenvalue weighted by Crippen LogP contribution is 2.29. The summed E-state index contributed by atoms with van der Waals surface area (Å²) >= 11 is 0. The van der Waals surface area contributed by atoms with E-state index >= 15 is 0 Å². The van der Waals surface area contributed by atoms with Gasteiger partial charge in [0.2, 0.25) is 0 Å². The molecular weight excluding hydrogens is 232 g/mol. The molecule has 2 N–H and O–H groups in total. The maximum atomic E-state index is 10.8. The number of rotatable bonds is 3. The van der Waals surface area contributed by atoms with E-state index < -0.39 is 0 Å². The summed E-state index contributed by atoms with van der Waals surface area (Å²) in [4.78, 5) is 21.6. The zero-order valence-electron chi connectivity index (χ0n) is 9.33. The van der Waals surface area contributed by atoms with Crippen LogP contribution >= 0.6 is 0 Å². The first kappa shape index (κ1) is 11.9. The molecule has 0 bridgehead atoms. The van der Waals surface area contributed by atoms with Crippen molar-refractivity contribution in [2.45, 2.75) is 0 Å². The highest BCUT2D eigenvalue weighted by molar-refractivity contribution is 5.91. The zero-order valence-corrected chi connectivity index (χ0v) is 9.33. The summed E-state index contributed by atoms with van der Waals surface area (Å²) in [6.07, 6.45) is 0.985. The first-order chi connectivity index (χ1) is 8.65. The van der Waals surface area contributed by atoms with Crippen LogP contribution in [-0.4, -0.2) is 22.8 Å². The minimum atomic E-state index is -0.317. The molecule has 18 heavy (non-hydrogen) atoms. The number of hydrogen-bond donors (Lipinski definition) is 2. The van der Waals surface area contributed by atoms with E-state index in [9.17, 15) is 19.8 Å². The van der Waals surface area contributed by atoms with Crippen molar-refractivity contribution >= 4 is 12.6 Å². The molecule has 0 aliphatic rings. The van der Waals surface area contributed by atoms with Gasteiger partial charge in [-0.3, -0.25) is 9.59 Å². The number of phenols is 2. The van der Waals surface area contributed by atoms with E-state index in [1.54, 1.807) is 12.1 Å². The van der Waals surface area contributed by atoms with Gasteiger partial charge in [-0.1, -0.05) is 12.1 Å². The summed E-state index contributed by atoms with van der Waals surface area (Å²) < 4.78 is 0. The third-order valence-corrected chi connectivity index (χ3v) is 2.62. The second-order valence-corrected chi connectivity index (χ2v) is 3.79. The fourth-order valence-electron chi connectivity index (χ4n) is 1.68. The highest BCUT2D eigenvalue weighted by Gasteiger charge is 2.10. The Bertz CT molecular complexity index is 571. The van der Waals surface area contributed by atoms with Crippen LogP contribution < -0.4 is 0 Å². The van der Waals surface area contributed by atoms with Crippen LogP contribution in [0, 0.1) is 0 Å². The van der Waals surface area contributed by atoms with E-state index in [-0.39, 0.29) is 22.6 Å². The summed E-state index contributed by atoms with van der Waals surface area (Å²) in [5.74, 6) is -0.189. The van der Waals surface area contributed by atoms with Crippen LogP contribution in [0.4, 0.5) is 0 Å². The van der Waals surface area contributed by atoms with Crippen molar-refractivity contribution in [3.05, 3.63) is 47.5 Å². The number of benzene rings is 2. The molecule has 0 aliphatic heterocycles. The third-order valence-electron chi connectivity index (χ3n) is 2.62. The Hall–Kier alpha value is -2.62. The minimum absolute atomic E-state index is 0.0580. The molecule has 2 aromatic rings.